The minimum atomic E-state index is -0.645. The molecule has 0 amide bonds. The minimum Gasteiger partial charge on any atom is -0.507 e. The second-order valence-electron chi connectivity index (χ2n) is 20.7. The number of aliphatic imine (C=N–C) groups is 4. The Hall–Kier alpha value is -4.46. The summed E-state index contributed by atoms with van der Waals surface area (Å²) in [6.07, 6.45) is 3.10. The fourth-order valence-electron chi connectivity index (χ4n) is 6.23. The van der Waals surface area contributed by atoms with Gasteiger partial charge in [0.25, 0.3) is 0 Å². The molecule has 56 heavy (non-hydrogen) atoms. The van der Waals surface area contributed by atoms with Crippen LogP contribution in [0.2, 0.25) is 0 Å². The molecule has 0 bridgehead atoms. The fraction of sp³-hybridized carbons (Fsp3) is 0.542. The molecule has 0 spiro atoms. The molecule has 3 rings (SSSR count). The highest BCUT2D eigenvalue weighted by Gasteiger charge is 2.28. The van der Waals surface area contributed by atoms with Crippen molar-refractivity contribution in [2.24, 2.45) is 20.0 Å². The van der Waals surface area contributed by atoms with Gasteiger partial charge in [0.15, 0.2) is 11.5 Å². The van der Waals surface area contributed by atoms with Gasteiger partial charge in [-0.05, 0) is 110 Å². The van der Waals surface area contributed by atoms with Gasteiger partial charge >= 0.3 is 0 Å². The number of hydrogen-bond donors (Lipinski definition) is 4. The average Bonchev–Trinajstić information content (AvgIpc) is 3.04. The van der Waals surface area contributed by atoms with Crippen LogP contribution in [0.3, 0.4) is 0 Å². The fourth-order valence-corrected chi connectivity index (χ4v) is 6.23. The average molecular weight is 767 g/mol. The summed E-state index contributed by atoms with van der Waals surface area (Å²) in [7, 11) is 0. The van der Waals surface area contributed by atoms with Gasteiger partial charge in [0.05, 0.1) is 24.2 Å². The van der Waals surface area contributed by atoms with Crippen LogP contribution in [0.25, 0.3) is 0 Å². The lowest BCUT2D eigenvalue weighted by Gasteiger charge is -2.28. The molecule has 0 fully saturated rings. The van der Waals surface area contributed by atoms with E-state index >= 15 is 0 Å². The van der Waals surface area contributed by atoms with Gasteiger partial charge in [0, 0.05) is 46.1 Å². The Kier molecular flexibility index (Phi) is 13.3. The summed E-state index contributed by atoms with van der Waals surface area (Å²) in [6.45, 7) is 38.0. The number of phenols is 4. The van der Waals surface area contributed by atoms with E-state index in [1.807, 2.05) is 53.7 Å². The summed E-state index contributed by atoms with van der Waals surface area (Å²) in [6, 6.07) is 11.4. The molecule has 0 radical (unpaired) electrons. The van der Waals surface area contributed by atoms with Gasteiger partial charge in [-0.2, -0.15) is 0 Å². The predicted molar refractivity (Wildman–Crippen MR) is 238 cm³/mol. The molecule has 0 heterocycles. The Morgan fingerprint density at radius 3 is 1.05 bits per heavy atom. The van der Waals surface area contributed by atoms with Gasteiger partial charge in [-0.3, -0.25) is 20.0 Å². The van der Waals surface area contributed by atoms with Gasteiger partial charge in [-0.25, -0.2) is 0 Å². The third kappa shape index (κ3) is 11.5. The molecule has 0 saturated carbocycles. The normalized spacial score (nSPS) is 14.4. The molecule has 4 N–H and O–H groups in total. The van der Waals surface area contributed by atoms with Crippen LogP contribution in [-0.4, -0.2) is 68.4 Å². The van der Waals surface area contributed by atoms with Crippen molar-refractivity contribution < 1.29 is 20.4 Å². The maximum atomic E-state index is 11.2. The first-order chi connectivity index (χ1) is 25.2. The molecule has 8 nitrogen and oxygen atoms in total. The lowest BCUT2D eigenvalue weighted by atomic mass is 9.77. The van der Waals surface area contributed by atoms with Crippen LogP contribution in [0, 0.1) is 0 Å². The van der Waals surface area contributed by atoms with E-state index in [9.17, 15) is 20.4 Å². The van der Waals surface area contributed by atoms with Crippen molar-refractivity contribution in [3.05, 3.63) is 80.9 Å². The molecular weight excluding hydrogens is 697 g/mol. The lowest BCUT2D eigenvalue weighted by Crippen LogP contribution is -2.24. The third-order valence-corrected chi connectivity index (χ3v) is 10.0. The third-order valence-electron chi connectivity index (χ3n) is 10.0. The first-order valence-electron chi connectivity index (χ1n) is 19.7. The molecule has 8 heteroatoms. The van der Waals surface area contributed by atoms with E-state index in [1.54, 1.807) is 24.6 Å². The molecule has 0 atom stereocenters. The van der Waals surface area contributed by atoms with Crippen molar-refractivity contribution in [2.75, 3.05) is 13.1 Å². The van der Waals surface area contributed by atoms with Crippen molar-refractivity contribution in [3.8, 4) is 23.0 Å². The van der Waals surface area contributed by atoms with Crippen LogP contribution in [0.1, 0.15) is 169 Å². The summed E-state index contributed by atoms with van der Waals surface area (Å²) in [5, 5.41) is 44.3. The van der Waals surface area contributed by atoms with Gasteiger partial charge in [0.1, 0.15) is 11.5 Å². The quantitative estimate of drug-likeness (QED) is 0.121. The number of benzene rings is 3. The Morgan fingerprint density at radius 1 is 0.482 bits per heavy atom. The molecule has 306 valence electrons. The highest BCUT2D eigenvalue weighted by molar-refractivity contribution is 6.03. The predicted octanol–water partition coefficient (Wildman–Crippen LogP) is 11.1. The number of nitrogens with zero attached hydrogens (tertiary/aromatic N) is 4. The summed E-state index contributed by atoms with van der Waals surface area (Å²) in [5.74, 6) is -0.140. The number of hydrogen-bond acceptors (Lipinski definition) is 8. The first-order valence-corrected chi connectivity index (χ1v) is 19.7. The molecule has 0 saturated heterocycles. The Bertz CT molecular complexity index is 1890. The Morgan fingerprint density at radius 2 is 0.786 bits per heavy atom. The molecule has 0 unspecified atom stereocenters. The van der Waals surface area contributed by atoms with Gasteiger partial charge in [0.2, 0.25) is 0 Å². The zero-order valence-corrected chi connectivity index (χ0v) is 37.6. The molecule has 0 aromatic heterocycles. The van der Waals surface area contributed by atoms with Crippen LogP contribution in [0.4, 0.5) is 0 Å². The smallest absolute Gasteiger partial charge is 0.167 e. The second-order valence-corrected chi connectivity index (χ2v) is 20.7. The van der Waals surface area contributed by atoms with E-state index in [4.69, 9.17) is 20.0 Å². The highest BCUT2D eigenvalue weighted by Crippen LogP contribution is 2.39. The summed E-state index contributed by atoms with van der Waals surface area (Å²) in [4.78, 5) is 19.2. The molecule has 0 aliphatic heterocycles. The topological polar surface area (TPSA) is 130 Å². The Labute approximate surface area is 337 Å². The van der Waals surface area contributed by atoms with Gasteiger partial charge in [-0.15, -0.1) is 0 Å². The zero-order chi connectivity index (χ0) is 43.0. The number of aromatic hydroxyl groups is 4. The standard InChI is InChI=1S/C48H70N4O4/c1-29(39-35(45(9,10)11)21-33(23-37(39)53)43(3,4)5)49-27-47(15,16)51-25-31-19-20-32(42(56)41(31)55)26-52-48(17,18)28-50-30(2)40-36(46(12,13)14)22-34(24-38(40)54)44(6,7)8/h19-26,53-56H,27-28H2,1-18H3. The van der Waals surface area contributed by atoms with Crippen LogP contribution in [-0.2, 0) is 21.7 Å². The van der Waals surface area contributed by atoms with Crippen molar-refractivity contribution in [3.63, 3.8) is 0 Å². The highest BCUT2D eigenvalue weighted by atomic mass is 16.3. The van der Waals surface area contributed by atoms with Crippen molar-refractivity contribution in [2.45, 2.75) is 157 Å². The van der Waals surface area contributed by atoms with Gasteiger partial charge in [-0.1, -0.05) is 95.2 Å². The van der Waals surface area contributed by atoms with E-state index in [0.29, 0.717) is 24.2 Å². The Balaban J connectivity index is 1.83. The number of phenolic OH excluding ortho intramolecular Hbond substituents is 4. The van der Waals surface area contributed by atoms with Crippen molar-refractivity contribution in [1.29, 1.82) is 0 Å². The van der Waals surface area contributed by atoms with Crippen molar-refractivity contribution >= 4 is 23.9 Å². The van der Waals surface area contributed by atoms with Crippen LogP contribution >= 0.6 is 0 Å². The van der Waals surface area contributed by atoms with Crippen LogP contribution in [0.15, 0.2) is 56.4 Å². The molecule has 3 aromatic rings. The summed E-state index contributed by atoms with van der Waals surface area (Å²) < 4.78 is 0. The van der Waals surface area contributed by atoms with Crippen LogP contribution < -0.4 is 0 Å². The van der Waals surface area contributed by atoms with E-state index in [0.717, 1.165) is 44.8 Å². The second kappa shape index (κ2) is 16.2. The van der Waals surface area contributed by atoms with Gasteiger partial charge < -0.3 is 20.4 Å². The molecule has 3 aromatic carbocycles. The van der Waals surface area contributed by atoms with E-state index < -0.39 is 11.1 Å². The van der Waals surface area contributed by atoms with E-state index in [-0.39, 0.29) is 44.7 Å². The maximum absolute atomic E-state index is 11.2. The molecule has 0 aliphatic carbocycles. The largest absolute Gasteiger partial charge is 0.507 e. The van der Waals surface area contributed by atoms with E-state index in [1.165, 1.54) is 0 Å². The maximum Gasteiger partial charge on any atom is 0.167 e. The molecule has 0 aliphatic rings. The SMILES string of the molecule is CC(=NCC(C)(C)N=Cc1ccc(C=NC(C)(C)CN=C(C)c2c(O)cc(C(C)(C)C)cc2C(C)(C)C)c(O)c1O)c1c(O)cc(C(C)(C)C)cc1C(C)(C)C. The minimum absolute atomic E-state index is 0.114. The van der Waals surface area contributed by atoms with Crippen LogP contribution in [0.5, 0.6) is 23.0 Å². The van der Waals surface area contributed by atoms with E-state index in [2.05, 4.69) is 95.2 Å². The zero-order valence-electron chi connectivity index (χ0n) is 37.6. The van der Waals surface area contributed by atoms with Crippen molar-refractivity contribution in [1.82, 2.24) is 0 Å². The molecular formula is C48H70N4O4. The lowest BCUT2D eigenvalue weighted by molar-refractivity contribution is 0.402. The summed E-state index contributed by atoms with van der Waals surface area (Å²) in [5.41, 5.74) is 5.96. The monoisotopic (exact) mass is 767 g/mol. The summed E-state index contributed by atoms with van der Waals surface area (Å²) >= 11 is 0. The first kappa shape index (κ1) is 45.9. The number of rotatable bonds is 10.